The van der Waals surface area contributed by atoms with Crippen molar-refractivity contribution < 1.29 is 0 Å². The monoisotopic (exact) mass is 221 g/mol. The summed E-state index contributed by atoms with van der Waals surface area (Å²) in [6, 6.07) is 12.8. The summed E-state index contributed by atoms with van der Waals surface area (Å²) in [6.45, 7) is 2.02. The van der Waals surface area contributed by atoms with Gasteiger partial charge in [0.2, 0.25) is 0 Å². The van der Waals surface area contributed by atoms with E-state index in [-0.39, 0.29) is 5.54 Å². The number of hydrogen-bond donors (Lipinski definition) is 1. The highest BCUT2D eigenvalue weighted by atomic mass is 14.7. The third-order valence-electron chi connectivity index (χ3n) is 3.15. The Morgan fingerprint density at radius 1 is 1.00 bits per heavy atom. The molecule has 2 aromatic carbocycles. The molecule has 1 aliphatic rings. The second-order valence-corrected chi connectivity index (χ2v) is 4.86. The van der Waals surface area contributed by atoms with E-state index in [4.69, 9.17) is 5.73 Å². The largest absolute Gasteiger partial charge is 0.319 e. The van der Waals surface area contributed by atoms with E-state index in [1.807, 2.05) is 19.1 Å². The molecule has 1 nitrogen and oxygen atoms in total. The minimum Gasteiger partial charge on any atom is -0.319 e. The Morgan fingerprint density at radius 2 is 1.65 bits per heavy atom. The molecule has 0 aliphatic heterocycles. The number of allylic oxidation sites excluding steroid dienone is 1. The van der Waals surface area contributed by atoms with Crippen molar-refractivity contribution in [2.24, 2.45) is 5.73 Å². The summed E-state index contributed by atoms with van der Waals surface area (Å²) in [5.41, 5.74) is 5.80. The normalized spacial score (nSPS) is 22.5. The SMILES string of the molecule is CC1(N)C=CC=c2cc3ccccc3cc2=C1. The molecule has 0 heterocycles. The quantitative estimate of drug-likeness (QED) is 0.720. The fraction of sp³-hybridized carbons (Fsp3) is 0.125. The zero-order chi connectivity index (χ0) is 11.9. The van der Waals surface area contributed by atoms with E-state index in [1.54, 1.807) is 0 Å². The van der Waals surface area contributed by atoms with Crippen LogP contribution in [0, 0.1) is 0 Å². The van der Waals surface area contributed by atoms with E-state index >= 15 is 0 Å². The Kier molecular flexibility index (Phi) is 2.17. The lowest BCUT2D eigenvalue weighted by atomic mass is 10.0. The van der Waals surface area contributed by atoms with E-state index in [9.17, 15) is 0 Å². The highest BCUT2D eigenvalue weighted by Gasteiger charge is 2.10. The standard InChI is InChI=1S/C16H15N/c1-16(17)8-4-7-14-9-12-5-2-3-6-13(12)10-15(14)11-16/h2-11H,17H2,1H3. The van der Waals surface area contributed by atoms with Crippen LogP contribution in [0.15, 0.2) is 48.6 Å². The van der Waals surface area contributed by atoms with Crippen molar-refractivity contribution in [2.45, 2.75) is 12.5 Å². The van der Waals surface area contributed by atoms with Gasteiger partial charge in [0.05, 0.1) is 5.54 Å². The zero-order valence-corrected chi connectivity index (χ0v) is 9.85. The summed E-state index contributed by atoms with van der Waals surface area (Å²) in [4.78, 5) is 0. The van der Waals surface area contributed by atoms with E-state index in [0.29, 0.717) is 0 Å². The molecule has 0 saturated carbocycles. The van der Waals surface area contributed by atoms with Gasteiger partial charge in [0.15, 0.2) is 0 Å². The number of benzene rings is 2. The van der Waals surface area contributed by atoms with Crippen molar-refractivity contribution in [1.29, 1.82) is 0 Å². The van der Waals surface area contributed by atoms with Crippen molar-refractivity contribution in [1.82, 2.24) is 0 Å². The third kappa shape index (κ3) is 1.90. The minimum atomic E-state index is -0.371. The second-order valence-electron chi connectivity index (χ2n) is 4.86. The van der Waals surface area contributed by atoms with Gasteiger partial charge in [-0.1, -0.05) is 48.6 Å². The lowest BCUT2D eigenvalue weighted by Gasteiger charge is -2.13. The van der Waals surface area contributed by atoms with Crippen LogP contribution in [0.2, 0.25) is 0 Å². The Balaban J connectivity index is 2.44. The Morgan fingerprint density at radius 3 is 2.35 bits per heavy atom. The van der Waals surface area contributed by atoms with Crippen molar-refractivity contribution in [3.8, 4) is 0 Å². The maximum atomic E-state index is 6.17. The van der Waals surface area contributed by atoms with E-state index in [0.717, 1.165) is 0 Å². The maximum absolute atomic E-state index is 6.17. The number of hydrogen-bond acceptors (Lipinski definition) is 1. The molecule has 1 atom stereocenters. The van der Waals surface area contributed by atoms with E-state index in [1.165, 1.54) is 21.2 Å². The van der Waals surface area contributed by atoms with Gasteiger partial charge in [-0.2, -0.15) is 0 Å². The van der Waals surface area contributed by atoms with Crippen molar-refractivity contribution in [2.75, 3.05) is 0 Å². The van der Waals surface area contributed by atoms with Crippen molar-refractivity contribution in [3.63, 3.8) is 0 Å². The summed E-state index contributed by atoms with van der Waals surface area (Å²) in [7, 11) is 0. The Labute approximate surface area is 101 Å². The van der Waals surface area contributed by atoms with Crippen LogP contribution in [0.25, 0.3) is 22.9 Å². The molecule has 0 fully saturated rings. The van der Waals surface area contributed by atoms with Crippen LogP contribution in [-0.2, 0) is 0 Å². The molecule has 17 heavy (non-hydrogen) atoms. The van der Waals surface area contributed by atoms with Crippen LogP contribution in [0.1, 0.15) is 6.92 Å². The smallest absolute Gasteiger partial charge is 0.0508 e. The molecule has 1 unspecified atom stereocenters. The average molecular weight is 221 g/mol. The van der Waals surface area contributed by atoms with Gasteiger partial charge in [0.25, 0.3) is 0 Å². The van der Waals surface area contributed by atoms with Gasteiger partial charge >= 0.3 is 0 Å². The molecule has 1 aliphatic carbocycles. The van der Waals surface area contributed by atoms with Gasteiger partial charge in [-0.15, -0.1) is 0 Å². The molecule has 2 aromatic rings. The van der Waals surface area contributed by atoms with Gasteiger partial charge in [0.1, 0.15) is 0 Å². The number of fused-ring (bicyclic) bond motifs is 2. The van der Waals surface area contributed by atoms with Gasteiger partial charge < -0.3 is 5.73 Å². The number of rotatable bonds is 0. The molecule has 0 saturated heterocycles. The fourth-order valence-corrected chi connectivity index (χ4v) is 2.29. The van der Waals surface area contributed by atoms with Crippen LogP contribution in [-0.4, -0.2) is 5.54 Å². The third-order valence-corrected chi connectivity index (χ3v) is 3.15. The molecule has 3 rings (SSSR count). The van der Waals surface area contributed by atoms with Gasteiger partial charge in [0, 0.05) is 0 Å². The molecule has 0 bridgehead atoms. The molecular weight excluding hydrogens is 206 g/mol. The predicted octanol–water partition coefficient (Wildman–Crippen LogP) is 1.69. The molecular formula is C16H15N. The zero-order valence-electron chi connectivity index (χ0n) is 9.85. The first-order chi connectivity index (χ1) is 8.14. The highest BCUT2D eigenvalue weighted by molar-refractivity contribution is 5.83. The fourth-order valence-electron chi connectivity index (χ4n) is 2.29. The molecule has 2 N–H and O–H groups in total. The summed E-state index contributed by atoms with van der Waals surface area (Å²) < 4.78 is 0. The van der Waals surface area contributed by atoms with Crippen molar-refractivity contribution in [3.05, 3.63) is 59.0 Å². The first-order valence-electron chi connectivity index (χ1n) is 5.84. The first-order valence-corrected chi connectivity index (χ1v) is 5.84. The van der Waals surface area contributed by atoms with Crippen molar-refractivity contribution >= 4 is 22.9 Å². The molecule has 84 valence electrons. The first kappa shape index (κ1) is 10.3. The lowest BCUT2D eigenvalue weighted by molar-refractivity contribution is 0.778. The topological polar surface area (TPSA) is 26.0 Å². The summed E-state index contributed by atoms with van der Waals surface area (Å²) in [5, 5.41) is 4.96. The van der Waals surface area contributed by atoms with Crippen LogP contribution in [0.3, 0.4) is 0 Å². The molecule has 0 spiro atoms. The van der Waals surface area contributed by atoms with Gasteiger partial charge in [-0.3, -0.25) is 0 Å². The van der Waals surface area contributed by atoms with Crippen LogP contribution < -0.4 is 16.2 Å². The lowest BCUT2D eigenvalue weighted by Crippen LogP contribution is -2.35. The molecule has 0 aromatic heterocycles. The number of nitrogens with two attached hydrogens (primary N) is 1. The molecule has 1 heteroatoms. The second kappa shape index (κ2) is 3.57. The van der Waals surface area contributed by atoms with Gasteiger partial charge in [-0.05, 0) is 40.3 Å². The minimum absolute atomic E-state index is 0.371. The average Bonchev–Trinajstić information content (AvgIpc) is 2.42. The Hall–Kier alpha value is -1.86. The Bertz CT molecular complexity index is 721. The summed E-state index contributed by atoms with van der Waals surface area (Å²) >= 11 is 0. The van der Waals surface area contributed by atoms with Gasteiger partial charge in [-0.25, -0.2) is 0 Å². The van der Waals surface area contributed by atoms with Crippen LogP contribution >= 0.6 is 0 Å². The molecule has 0 amide bonds. The predicted molar refractivity (Wildman–Crippen MR) is 73.9 cm³/mol. The summed E-state index contributed by atoms with van der Waals surface area (Å²) in [6.07, 6.45) is 8.31. The molecule has 0 radical (unpaired) electrons. The van der Waals surface area contributed by atoms with Crippen LogP contribution in [0.5, 0.6) is 0 Å². The van der Waals surface area contributed by atoms with E-state index < -0.39 is 0 Å². The maximum Gasteiger partial charge on any atom is 0.0508 e. The highest BCUT2D eigenvalue weighted by Crippen LogP contribution is 2.10. The van der Waals surface area contributed by atoms with Crippen LogP contribution in [0.4, 0.5) is 0 Å². The van der Waals surface area contributed by atoms with E-state index in [2.05, 4.69) is 48.6 Å². The summed E-state index contributed by atoms with van der Waals surface area (Å²) in [5.74, 6) is 0.